The average Bonchev–Trinajstić information content (AvgIpc) is 3.11. The maximum absolute atomic E-state index is 13.4. The van der Waals surface area contributed by atoms with Crippen molar-refractivity contribution in [1.29, 1.82) is 0 Å². The lowest BCUT2D eigenvalue weighted by Crippen LogP contribution is -2.38. The van der Waals surface area contributed by atoms with Gasteiger partial charge in [0.25, 0.3) is 0 Å². The number of rotatable bonds is 6. The second-order valence-corrected chi connectivity index (χ2v) is 7.19. The molecule has 160 valence electrons. The number of aliphatic hydroxyl groups is 1. The summed E-state index contributed by atoms with van der Waals surface area (Å²) in [7, 11) is 0. The van der Waals surface area contributed by atoms with Crippen LogP contribution in [-0.4, -0.2) is 35.1 Å². The molecule has 31 heavy (non-hydrogen) atoms. The molecule has 0 bridgehead atoms. The van der Waals surface area contributed by atoms with Crippen molar-refractivity contribution in [2.75, 3.05) is 16.8 Å². The van der Waals surface area contributed by atoms with Crippen molar-refractivity contribution in [3.05, 3.63) is 90.0 Å². The number of ether oxygens (including phenoxy) is 1. The van der Waals surface area contributed by atoms with Gasteiger partial charge in [0.1, 0.15) is 29.5 Å². The Kier molecular flexibility index (Phi) is 5.73. The molecule has 0 radical (unpaired) electrons. The van der Waals surface area contributed by atoms with Crippen molar-refractivity contribution in [1.82, 2.24) is 0 Å². The molecule has 3 aromatic carbocycles. The van der Waals surface area contributed by atoms with Crippen LogP contribution in [0.15, 0.2) is 72.8 Å². The number of amides is 1. The van der Waals surface area contributed by atoms with Crippen LogP contribution in [0.1, 0.15) is 11.6 Å². The van der Waals surface area contributed by atoms with Crippen LogP contribution in [0.4, 0.5) is 25.0 Å². The molecule has 1 aliphatic rings. The molecule has 8 heteroatoms. The van der Waals surface area contributed by atoms with Crippen molar-refractivity contribution < 1.29 is 28.5 Å². The fourth-order valence-electron chi connectivity index (χ4n) is 3.57. The van der Waals surface area contributed by atoms with Crippen LogP contribution in [0.25, 0.3) is 0 Å². The SMILES string of the molecule is O=C1O[C@H](C(O)CNc2ccc(F)cc2)[C@@H](c2ccc(O)cc2)N1c1ccc(F)cc1. The number of aromatic hydroxyl groups is 1. The summed E-state index contributed by atoms with van der Waals surface area (Å²) in [6.07, 6.45) is -2.75. The summed E-state index contributed by atoms with van der Waals surface area (Å²) in [6.45, 7) is 0.0371. The molecule has 1 aliphatic heterocycles. The Labute approximate surface area is 177 Å². The van der Waals surface area contributed by atoms with E-state index < -0.39 is 30.2 Å². The second-order valence-electron chi connectivity index (χ2n) is 7.19. The predicted molar refractivity (Wildman–Crippen MR) is 111 cm³/mol. The lowest BCUT2D eigenvalue weighted by atomic mass is 9.96. The number of aliphatic hydroxyl groups excluding tert-OH is 1. The smallest absolute Gasteiger partial charge is 0.415 e. The summed E-state index contributed by atoms with van der Waals surface area (Å²) in [5.74, 6) is -0.770. The molecule has 3 aromatic rings. The minimum absolute atomic E-state index is 0.0371. The van der Waals surface area contributed by atoms with Gasteiger partial charge < -0.3 is 20.3 Å². The van der Waals surface area contributed by atoms with Crippen molar-refractivity contribution in [3.63, 3.8) is 0 Å². The third kappa shape index (κ3) is 4.44. The molecule has 0 spiro atoms. The first-order valence-electron chi connectivity index (χ1n) is 9.64. The molecule has 0 aliphatic carbocycles. The molecule has 4 rings (SSSR count). The number of halogens is 2. The standard InChI is InChI=1S/C23H20F2N2O4/c24-15-3-7-17(8-4-15)26-13-20(29)22-21(14-1-11-19(28)12-2-14)27(23(30)31-22)18-9-5-16(25)6-10-18/h1-12,20-22,26,28-29H,13H2/t20?,21-,22-/m1/s1. The fourth-order valence-corrected chi connectivity index (χ4v) is 3.57. The van der Waals surface area contributed by atoms with Crippen LogP contribution in [0.3, 0.4) is 0 Å². The molecule has 1 unspecified atom stereocenters. The van der Waals surface area contributed by atoms with Crippen molar-refractivity contribution in [2.24, 2.45) is 0 Å². The number of phenols is 1. The average molecular weight is 426 g/mol. The normalized spacial score (nSPS) is 19.2. The first-order valence-corrected chi connectivity index (χ1v) is 9.64. The summed E-state index contributed by atoms with van der Waals surface area (Å²) >= 11 is 0. The van der Waals surface area contributed by atoms with Gasteiger partial charge in [-0.1, -0.05) is 12.1 Å². The molecular formula is C23H20F2N2O4. The number of carbonyl (C=O) groups excluding carboxylic acids is 1. The van der Waals surface area contributed by atoms with E-state index >= 15 is 0 Å². The molecule has 1 saturated heterocycles. The highest BCUT2D eigenvalue weighted by Gasteiger charge is 2.47. The van der Waals surface area contributed by atoms with Crippen molar-refractivity contribution in [3.8, 4) is 5.75 Å². The first-order chi connectivity index (χ1) is 14.9. The summed E-state index contributed by atoms with van der Waals surface area (Å²) in [6, 6.07) is 16.5. The number of benzene rings is 3. The maximum atomic E-state index is 13.4. The highest BCUT2D eigenvalue weighted by atomic mass is 19.1. The minimum Gasteiger partial charge on any atom is -0.508 e. The van der Waals surface area contributed by atoms with Crippen LogP contribution in [0.2, 0.25) is 0 Å². The van der Waals surface area contributed by atoms with Gasteiger partial charge in [0.05, 0.1) is 0 Å². The molecule has 1 fully saturated rings. The van der Waals surface area contributed by atoms with Crippen LogP contribution in [-0.2, 0) is 4.74 Å². The monoisotopic (exact) mass is 426 g/mol. The van der Waals surface area contributed by atoms with Gasteiger partial charge in [0.15, 0.2) is 6.10 Å². The zero-order chi connectivity index (χ0) is 22.0. The Hall–Kier alpha value is -3.65. The van der Waals surface area contributed by atoms with Crippen molar-refractivity contribution in [2.45, 2.75) is 18.2 Å². The molecule has 0 aromatic heterocycles. The third-order valence-electron chi connectivity index (χ3n) is 5.10. The molecule has 6 nitrogen and oxygen atoms in total. The Bertz CT molecular complexity index is 1040. The zero-order valence-electron chi connectivity index (χ0n) is 16.3. The Balaban J connectivity index is 1.61. The number of hydrogen-bond acceptors (Lipinski definition) is 5. The molecule has 1 heterocycles. The Morgan fingerprint density at radius 1 is 0.935 bits per heavy atom. The van der Waals surface area contributed by atoms with Gasteiger partial charge in [-0.2, -0.15) is 0 Å². The van der Waals surface area contributed by atoms with Gasteiger partial charge in [-0.25, -0.2) is 13.6 Å². The topological polar surface area (TPSA) is 82.0 Å². The van der Waals surface area contributed by atoms with Crippen LogP contribution in [0.5, 0.6) is 5.75 Å². The molecule has 1 amide bonds. The molecular weight excluding hydrogens is 406 g/mol. The van der Waals surface area contributed by atoms with E-state index in [1.807, 2.05) is 0 Å². The second kappa shape index (κ2) is 8.61. The van der Waals surface area contributed by atoms with E-state index in [0.717, 1.165) is 0 Å². The van der Waals surface area contributed by atoms with E-state index in [2.05, 4.69) is 5.32 Å². The number of nitrogens with zero attached hydrogens (tertiary/aromatic N) is 1. The lowest BCUT2D eigenvalue weighted by molar-refractivity contribution is 0.0264. The summed E-state index contributed by atoms with van der Waals surface area (Å²) in [5, 5.41) is 23.4. The van der Waals surface area contributed by atoms with E-state index in [0.29, 0.717) is 16.9 Å². The Morgan fingerprint density at radius 3 is 2.13 bits per heavy atom. The van der Waals surface area contributed by atoms with Gasteiger partial charge in [-0.15, -0.1) is 0 Å². The van der Waals surface area contributed by atoms with Crippen molar-refractivity contribution >= 4 is 17.5 Å². The predicted octanol–water partition coefficient (Wildman–Crippen LogP) is 4.21. The largest absolute Gasteiger partial charge is 0.508 e. The van der Waals surface area contributed by atoms with Crippen LogP contribution in [0, 0.1) is 11.6 Å². The number of nitrogens with one attached hydrogen (secondary N) is 1. The van der Waals surface area contributed by atoms with Gasteiger partial charge in [-0.3, -0.25) is 4.90 Å². The quantitative estimate of drug-likeness (QED) is 0.550. The van der Waals surface area contributed by atoms with Crippen LogP contribution < -0.4 is 10.2 Å². The highest BCUT2D eigenvalue weighted by Crippen LogP contribution is 2.39. The summed E-state index contributed by atoms with van der Waals surface area (Å²) in [5.41, 5.74) is 1.63. The first kappa shape index (κ1) is 20.6. The van der Waals surface area contributed by atoms with E-state index in [1.165, 1.54) is 65.6 Å². The van der Waals surface area contributed by atoms with Gasteiger partial charge in [-0.05, 0) is 66.2 Å². The van der Waals surface area contributed by atoms with E-state index in [4.69, 9.17) is 4.74 Å². The number of phenolic OH excluding ortho intramolecular Hbond substituents is 1. The van der Waals surface area contributed by atoms with E-state index in [-0.39, 0.29) is 18.1 Å². The number of carbonyl (C=O) groups is 1. The third-order valence-corrected chi connectivity index (χ3v) is 5.10. The maximum Gasteiger partial charge on any atom is 0.415 e. The fraction of sp³-hybridized carbons (Fsp3) is 0.174. The number of cyclic esters (lactones) is 1. The highest BCUT2D eigenvalue weighted by molar-refractivity contribution is 5.91. The number of anilines is 2. The lowest BCUT2D eigenvalue weighted by Gasteiger charge is -2.28. The zero-order valence-corrected chi connectivity index (χ0v) is 16.3. The van der Waals surface area contributed by atoms with E-state index in [9.17, 15) is 23.8 Å². The van der Waals surface area contributed by atoms with Gasteiger partial charge >= 0.3 is 6.09 Å². The van der Waals surface area contributed by atoms with Crippen LogP contribution >= 0.6 is 0 Å². The molecule has 0 saturated carbocycles. The molecule has 3 atom stereocenters. The van der Waals surface area contributed by atoms with Gasteiger partial charge in [0.2, 0.25) is 0 Å². The number of hydrogen-bond donors (Lipinski definition) is 3. The van der Waals surface area contributed by atoms with E-state index in [1.54, 1.807) is 12.1 Å². The van der Waals surface area contributed by atoms with Gasteiger partial charge in [0, 0.05) is 17.9 Å². The Morgan fingerprint density at radius 2 is 1.52 bits per heavy atom. The minimum atomic E-state index is -1.11. The summed E-state index contributed by atoms with van der Waals surface area (Å²) < 4.78 is 32.0. The molecule has 3 N–H and O–H groups in total. The summed E-state index contributed by atoms with van der Waals surface area (Å²) in [4.78, 5) is 14.1.